The van der Waals surface area contributed by atoms with E-state index < -0.39 is 10.0 Å². The lowest BCUT2D eigenvalue weighted by Crippen LogP contribution is -2.52. The molecule has 0 aliphatic carbocycles. The van der Waals surface area contributed by atoms with Gasteiger partial charge in [-0.1, -0.05) is 35.9 Å². The van der Waals surface area contributed by atoms with Crippen molar-refractivity contribution >= 4 is 27.3 Å². The van der Waals surface area contributed by atoms with Crippen LogP contribution in [0.15, 0.2) is 77.7 Å². The fourth-order valence-corrected chi connectivity index (χ4v) is 5.63. The van der Waals surface area contributed by atoms with Crippen molar-refractivity contribution in [1.29, 1.82) is 0 Å². The molecule has 0 unspecified atom stereocenters. The van der Waals surface area contributed by atoms with Crippen LogP contribution in [0.2, 0.25) is 0 Å². The molecule has 36 heavy (non-hydrogen) atoms. The highest BCUT2D eigenvalue weighted by Gasteiger charge is 2.31. The summed E-state index contributed by atoms with van der Waals surface area (Å²) in [5.74, 6) is 1.04. The number of carbonyl (C=O) groups is 1. The van der Waals surface area contributed by atoms with Crippen molar-refractivity contribution in [3.05, 3.63) is 78.4 Å². The number of piperazine rings is 1. The molecule has 1 fully saturated rings. The predicted molar refractivity (Wildman–Crippen MR) is 140 cm³/mol. The minimum absolute atomic E-state index is 0.129. The molecule has 0 bridgehead atoms. The Morgan fingerprint density at radius 1 is 0.889 bits per heavy atom. The molecule has 0 aromatic heterocycles. The van der Waals surface area contributed by atoms with Gasteiger partial charge in [-0.2, -0.15) is 0 Å². The third-order valence-corrected chi connectivity index (χ3v) is 8.08. The highest BCUT2D eigenvalue weighted by atomic mass is 32.2. The van der Waals surface area contributed by atoms with Crippen LogP contribution in [0, 0.1) is 6.92 Å². The van der Waals surface area contributed by atoms with E-state index >= 15 is 0 Å². The maximum Gasteiger partial charge on any atom is 0.264 e. The molecule has 9 heteroatoms. The van der Waals surface area contributed by atoms with Crippen LogP contribution in [0.5, 0.6) is 11.5 Å². The third-order valence-electron chi connectivity index (χ3n) is 6.29. The van der Waals surface area contributed by atoms with Gasteiger partial charge in [0.25, 0.3) is 10.0 Å². The number of sulfonamides is 1. The van der Waals surface area contributed by atoms with E-state index in [2.05, 4.69) is 4.90 Å². The summed E-state index contributed by atoms with van der Waals surface area (Å²) >= 11 is 0. The molecule has 0 spiro atoms. The van der Waals surface area contributed by atoms with E-state index in [4.69, 9.17) is 9.47 Å². The Kier molecular flexibility index (Phi) is 7.69. The molecule has 1 heterocycles. The van der Waals surface area contributed by atoms with E-state index in [0.29, 0.717) is 37.6 Å². The molecular formula is C27H31N3O5S. The predicted octanol–water partition coefficient (Wildman–Crippen LogP) is 3.56. The van der Waals surface area contributed by atoms with Gasteiger partial charge in [-0.15, -0.1) is 0 Å². The molecular weight excluding hydrogens is 478 g/mol. The van der Waals surface area contributed by atoms with Gasteiger partial charge in [0.15, 0.2) is 0 Å². The molecule has 1 aliphatic rings. The van der Waals surface area contributed by atoms with Crippen molar-refractivity contribution in [2.24, 2.45) is 0 Å². The number of carbonyl (C=O) groups excluding carboxylic acids is 1. The maximum absolute atomic E-state index is 13.7. The van der Waals surface area contributed by atoms with Crippen molar-refractivity contribution in [1.82, 2.24) is 4.90 Å². The van der Waals surface area contributed by atoms with E-state index in [9.17, 15) is 13.2 Å². The van der Waals surface area contributed by atoms with Crippen LogP contribution in [0.25, 0.3) is 0 Å². The van der Waals surface area contributed by atoms with E-state index in [0.717, 1.165) is 21.3 Å². The summed E-state index contributed by atoms with van der Waals surface area (Å²) < 4.78 is 39.3. The quantitative estimate of drug-likeness (QED) is 0.462. The zero-order valence-corrected chi connectivity index (χ0v) is 21.6. The second kappa shape index (κ2) is 10.9. The van der Waals surface area contributed by atoms with Crippen LogP contribution in [0.1, 0.15) is 5.56 Å². The number of aryl methyl sites for hydroxylation is 1. The Morgan fingerprint density at radius 3 is 2.25 bits per heavy atom. The summed E-state index contributed by atoms with van der Waals surface area (Å²) in [5, 5.41) is 0. The molecule has 0 radical (unpaired) electrons. The Labute approximate surface area is 212 Å². The van der Waals surface area contributed by atoms with Gasteiger partial charge in [-0.3, -0.25) is 9.10 Å². The number of benzene rings is 3. The van der Waals surface area contributed by atoms with Crippen molar-refractivity contribution in [2.45, 2.75) is 11.8 Å². The van der Waals surface area contributed by atoms with E-state index in [-0.39, 0.29) is 17.3 Å². The monoisotopic (exact) mass is 509 g/mol. The summed E-state index contributed by atoms with van der Waals surface area (Å²) in [7, 11) is -0.832. The molecule has 3 aromatic rings. The number of hydrogen-bond acceptors (Lipinski definition) is 6. The lowest BCUT2D eigenvalue weighted by Gasteiger charge is -2.37. The summed E-state index contributed by atoms with van der Waals surface area (Å²) in [4.78, 5) is 17.4. The highest BCUT2D eigenvalue weighted by Crippen LogP contribution is 2.30. The topological polar surface area (TPSA) is 79.4 Å². The van der Waals surface area contributed by atoms with Gasteiger partial charge in [0.05, 0.1) is 30.5 Å². The number of methoxy groups -OCH3 is 2. The Bertz CT molecular complexity index is 1300. The molecule has 4 rings (SSSR count). The average molecular weight is 510 g/mol. The number of rotatable bonds is 8. The molecule has 1 amide bonds. The van der Waals surface area contributed by atoms with Crippen LogP contribution in [-0.2, 0) is 14.8 Å². The summed E-state index contributed by atoms with van der Waals surface area (Å²) in [6.45, 7) is 3.79. The molecule has 0 saturated carbocycles. The fraction of sp³-hybridized carbons (Fsp3) is 0.296. The fourth-order valence-electron chi connectivity index (χ4n) is 4.23. The minimum atomic E-state index is -3.99. The number of para-hydroxylation sites is 2. The smallest absolute Gasteiger partial charge is 0.264 e. The largest absolute Gasteiger partial charge is 0.497 e. The van der Waals surface area contributed by atoms with Gasteiger partial charge in [0.1, 0.15) is 18.0 Å². The normalized spacial score (nSPS) is 13.9. The van der Waals surface area contributed by atoms with Gasteiger partial charge < -0.3 is 19.3 Å². The molecule has 1 aliphatic heterocycles. The van der Waals surface area contributed by atoms with Crippen LogP contribution >= 0.6 is 0 Å². The van der Waals surface area contributed by atoms with Gasteiger partial charge in [0.2, 0.25) is 5.91 Å². The average Bonchev–Trinajstić information content (AvgIpc) is 2.91. The lowest BCUT2D eigenvalue weighted by atomic mass is 10.2. The van der Waals surface area contributed by atoms with Crippen molar-refractivity contribution < 1.29 is 22.7 Å². The Morgan fingerprint density at radius 2 is 1.58 bits per heavy atom. The lowest BCUT2D eigenvalue weighted by molar-refractivity contribution is -0.129. The first kappa shape index (κ1) is 25.4. The van der Waals surface area contributed by atoms with Crippen molar-refractivity contribution in [2.75, 3.05) is 56.1 Å². The molecule has 0 N–H and O–H groups in total. The standard InChI is InChI=1S/C27H31N3O5S/c1-21-11-13-24(14-12-21)36(32,33)30(22-7-6-8-23(19-22)34-2)20-27(31)29-17-15-28(16-18-29)25-9-4-5-10-26(25)35-3/h4-14,19H,15-18,20H2,1-3H3. The minimum Gasteiger partial charge on any atom is -0.497 e. The first-order valence-corrected chi connectivity index (χ1v) is 13.2. The van der Waals surface area contributed by atoms with Crippen molar-refractivity contribution in [3.63, 3.8) is 0 Å². The van der Waals surface area contributed by atoms with E-state index in [1.807, 2.05) is 31.2 Å². The molecule has 0 atom stereocenters. The molecule has 190 valence electrons. The number of ether oxygens (including phenoxy) is 2. The first-order valence-electron chi connectivity index (χ1n) is 11.7. The van der Waals surface area contributed by atoms with Gasteiger partial charge in [-0.05, 0) is 43.3 Å². The van der Waals surface area contributed by atoms with Crippen LogP contribution < -0.4 is 18.7 Å². The second-order valence-corrected chi connectivity index (χ2v) is 10.4. The number of nitrogens with zero attached hydrogens (tertiary/aromatic N) is 3. The molecule has 3 aromatic carbocycles. The summed E-state index contributed by atoms with van der Waals surface area (Å²) in [6, 6.07) is 21.1. The van der Waals surface area contributed by atoms with E-state index in [1.165, 1.54) is 7.11 Å². The molecule has 1 saturated heterocycles. The zero-order chi connectivity index (χ0) is 25.7. The number of anilines is 2. The Hall–Kier alpha value is -3.72. The summed E-state index contributed by atoms with van der Waals surface area (Å²) in [6.07, 6.45) is 0. The number of hydrogen-bond donors (Lipinski definition) is 0. The maximum atomic E-state index is 13.7. The van der Waals surface area contributed by atoms with E-state index in [1.54, 1.807) is 60.5 Å². The zero-order valence-electron chi connectivity index (χ0n) is 20.8. The summed E-state index contributed by atoms with van der Waals surface area (Å²) in [5.41, 5.74) is 2.30. The second-order valence-electron chi connectivity index (χ2n) is 8.57. The van der Waals surface area contributed by atoms with Crippen LogP contribution in [-0.4, -0.2) is 66.2 Å². The highest BCUT2D eigenvalue weighted by molar-refractivity contribution is 7.92. The van der Waals surface area contributed by atoms with Gasteiger partial charge >= 0.3 is 0 Å². The van der Waals surface area contributed by atoms with Gasteiger partial charge in [0, 0.05) is 32.2 Å². The Balaban J connectivity index is 1.55. The van der Waals surface area contributed by atoms with Gasteiger partial charge in [-0.25, -0.2) is 8.42 Å². The first-order chi connectivity index (χ1) is 17.3. The van der Waals surface area contributed by atoms with Crippen molar-refractivity contribution in [3.8, 4) is 11.5 Å². The van der Waals surface area contributed by atoms with Crippen LogP contribution in [0.3, 0.4) is 0 Å². The molecule has 8 nitrogen and oxygen atoms in total. The van der Waals surface area contributed by atoms with Crippen LogP contribution in [0.4, 0.5) is 11.4 Å². The third kappa shape index (κ3) is 5.41. The number of amides is 1. The SMILES string of the molecule is COc1cccc(N(CC(=O)N2CCN(c3ccccc3OC)CC2)S(=O)(=O)c2ccc(C)cc2)c1.